The predicted molar refractivity (Wildman–Crippen MR) is 62.7 cm³/mol. The molecule has 2 N–H and O–H groups in total. The summed E-state index contributed by atoms with van der Waals surface area (Å²) in [5.41, 5.74) is 0. The van der Waals surface area contributed by atoms with Crippen LogP contribution in [0.4, 0.5) is 5.82 Å². The molecule has 0 aliphatic carbocycles. The molecule has 0 aromatic carbocycles. The van der Waals surface area contributed by atoms with Gasteiger partial charge in [0, 0.05) is 18.9 Å². The smallest absolute Gasteiger partial charge is 0.234 e. The van der Waals surface area contributed by atoms with Gasteiger partial charge in [-0.15, -0.1) is 0 Å². The van der Waals surface area contributed by atoms with Crippen LogP contribution in [0.15, 0.2) is 12.4 Å². The first-order valence-corrected chi connectivity index (χ1v) is 5.50. The van der Waals surface area contributed by atoms with E-state index in [0.717, 1.165) is 0 Å². The minimum absolute atomic E-state index is 0.0667. The van der Waals surface area contributed by atoms with E-state index < -0.39 is 0 Å². The lowest BCUT2D eigenvalue weighted by Gasteiger charge is -2.08. The van der Waals surface area contributed by atoms with E-state index in [9.17, 15) is 4.79 Å². The first-order chi connectivity index (χ1) is 8.13. The molecule has 0 aliphatic rings. The highest BCUT2D eigenvalue weighted by Gasteiger charge is 2.08. The molecule has 6 nitrogen and oxygen atoms in total. The summed E-state index contributed by atoms with van der Waals surface area (Å²) in [6, 6.07) is 0. The van der Waals surface area contributed by atoms with Gasteiger partial charge >= 0.3 is 0 Å². The molecule has 1 heterocycles. The van der Waals surface area contributed by atoms with Crippen LogP contribution in [0.2, 0.25) is 0 Å². The van der Waals surface area contributed by atoms with Crippen LogP contribution in [-0.4, -0.2) is 34.2 Å². The van der Waals surface area contributed by atoms with Crippen LogP contribution >= 0.6 is 0 Å². The van der Waals surface area contributed by atoms with E-state index in [0.29, 0.717) is 24.7 Å². The maximum atomic E-state index is 11.4. The largest absolute Gasteiger partial charge is 0.476 e. The van der Waals surface area contributed by atoms with Gasteiger partial charge in [-0.25, -0.2) is 0 Å². The Bertz CT molecular complexity index is 369. The minimum atomic E-state index is -0.119. The molecule has 1 rings (SSSR count). The predicted octanol–water partition coefficient (Wildman–Crippen LogP) is 0.832. The fourth-order valence-electron chi connectivity index (χ4n) is 0.990. The molecule has 0 fully saturated rings. The number of nitrogens with one attached hydrogen (secondary N) is 1. The average molecular weight is 239 g/mol. The second kappa shape index (κ2) is 6.80. The highest BCUT2D eigenvalue weighted by molar-refractivity contribution is 5.90. The highest BCUT2D eigenvalue weighted by atomic mass is 16.5. The number of amides is 1. The van der Waals surface area contributed by atoms with E-state index in [4.69, 9.17) is 9.84 Å². The van der Waals surface area contributed by atoms with E-state index in [1.807, 2.05) is 0 Å². The van der Waals surface area contributed by atoms with Crippen LogP contribution in [0, 0.1) is 5.92 Å². The van der Waals surface area contributed by atoms with Crippen molar-refractivity contribution in [2.45, 2.75) is 20.3 Å². The molecule has 94 valence electrons. The monoisotopic (exact) mass is 239 g/mol. The third-order valence-electron chi connectivity index (χ3n) is 1.94. The molecule has 17 heavy (non-hydrogen) atoms. The molecular formula is C11H17N3O3. The zero-order valence-corrected chi connectivity index (χ0v) is 10.0. The molecule has 0 spiro atoms. The van der Waals surface area contributed by atoms with Gasteiger partial charge in [-0.2, -0.15) is 4.98 Å². The Labute approximate surface area is 100 Å². The summed E-state index contributed by atoms with van der Waals surface area (Å²) in [4.78, 5) is 19.4. The van der Waals surface area contributed by atoms with Crippen molar-refractivity contribution in [3.05, 3.63) is 12.4 Å². The summed E-state index contributed by atoms with van der Waals surface area (Å²) in [5, 5.41) is 11.2. The van der Waals surface area contributed by atoms with Gasteiger partial charge in [-0.05, 0) is 0 Å². The molecule has 0 unspecified atom stereocenters. The standard InChI is InChI=1S/C11H17N3O3/c1-8(2)11(16)14-9-6-12-7-10(13-9)17-5-3-4-15/h6-8,15H,3-5H2,1-2H3,(H,13,14,16). The van der Waals surface area contributed by atoms with E-state index in [1.165, 1.54) is 12.4 Å². The average Bonchev–Trinajstić information content (AvgIpc) is 2.30. The Kier molecular flexibility index (Phi) is 5.35. The number of aliphatic hydroxyl groups excluding tert-OH is 1. The van der Waals surface area contributed by atoms with Crippen molar-refractivity contribution in [1.29, 1.82) is 0 Å². The quantitative estimate of drug-likeness (QED) is 0.718. The van der Waals surface area contributed by atoms with Crippen molar-refractivity contribution >= 4 is 11.7 Å². The van der Waals surface area contributed by atoms with Crippen molar-refractivity contribution in [3.8, 4) is 5.88 Å². The lowest BCUT2D eigenvalue weighted by atomic mass is 10.2. The number of aromatic nitrogens is 2. The maximum absolute atomic E-state index is 11.4. The van der Waals surface area contributed by atoms with Crippen molar-refractivity contribution in [3.63, 3.8) is 0 Å². The normalized spacial score (nSPS) is 10.4. The number of hydrogen-bond acceptors (Lipinski definition) is 5. The van der Waals surface area contributed by atoms with Gasteiger partial charge in [0.25, 0.3) is 0 Å². The second-order valence-electron chi connectivity index (χ2n) is 3.81. The summed E-state index contributed by atoms with van der Waals surface area (Å²) in [7, 11) is 0. The van der Waals surface area contributed by atoms with Gasteiger partial charge in [0.2, 0.25) is 11.8 Å². The molecule has 0 saturated heterocycles. The first-order valence-electron chi connectivity index (χ1n) is 5.50. The fourth-order valence-corrected chi connectivity index (χ4v) is 0.990. The molecule has 0 atom stereocenters. The van der Waals surface area contributed by atoms with E-state index >= 15 is 0 Å². The number of carbonyl (C=O) groups is 1. The summed E-state index contributed by atoms with van der Waals surface area (Å²) in [5.74, 6) is 0.466. The van der Waals surface area contributed by atoms with Gasteiger partial charge < -0.3 is 15.2 Å². The van der Waals surface area contributed by atoms with Crippen LogP contribution < -0.4 is 10.1 Å². The number of hydrogen-bond donors (Lipinski definition) is 2. The van der Waals surface area contributed by atoms with Crippen molar-refractivity contribution in [2.75, 3.05) is 18.5 Å². The zero-order chi connectivity index (χ0) is 12.7. The van der Waals surface area contributed by atoms with Gasteiger partial charge in [-0.1, -0.05) is 13.8 Å². The van der Waals surface area contributed by atoms with Crippen molar-refractivity contribution < 1.29 is 14.6 Å². The van der Waals surface area contributed by atoms with E-state index in [-0.39, 0.29) is 18.4 Å². The van der Waals surface area contributed by atoms with Gasteiger partial charge in [-0.3, -0.25) is 9.78 Å². The van der Waals surface area contributed by atoms with Gasteiger partial charge in [0.05, 0.1) is 19.0 Å². The Morgan fingerprint density at radius 1 is 1.53 bits per heavy atom. The molecule has 6 heteroatoms. The lowest BCUT2D eigenvalue weighted by molar-refractivity contribution is -0.118. The van der Waals surface area contributed by atoms with Crippen LogP contribution in [0.1, 0.15) is 20.3 Å². The summed E-state index contributed by atoms with van der Waals surface area (Å²) in [6.45, 7) is 4.03. The molecule has 1 aromatic rings. The Morgan fingerprint density at radius 3 is 2.94 bits per heavy atom. The van der Waals surface area contributed by atoms with Crippen molar-refractivity contribution in [2.24, 2.45) is 5.92 Å². The SMILES string of the molecule is CC(C)C(=O)Nc1cncc(OCCCO)n1. The Balaban J connectivity index is 2.56. The van der Waals surface area contributed by atoms with Crippen molar-refractivity contribution in [1.82, 2.24) is 9.97 Å². The maximum Gasteiger partial charge on any atom is 0.234 e. The summed E-state index contributed by atoms with van der Waals surface area (Å²) >= 11 is 0. The van der Waals surface area contributed by atoms with Crippen LogP contribution in [0.5, 0.6) is 5.88 Å². The molecule has 0 saturated carbocycles. The highest BCUT2D eigenvalue weighted by Crippen LogP contribution is 2.10. The molecule has 0 aliphatic heterocycles. The second-order valence-corrected chi connectivity index (χ2v) is 3.81. The number of nitrogens with zero attached hydrogens (tertiary/aromatic N) is 2. The molecule has 0 bridgehead atoms. The molecule has 1 amide bonds. The Hall–Kier alpha value is -1.69. The van der Waals surface area contributed by atoms with Crippen LogP contribution in [0.3, 0.4) is 0 Å². The summed E-state index contributed by atoms with van der Waals surface area (Å²) < 4.78 is 5.24. The topological polar surface area (TPSA) is 84.3 Å². The molecular weight excluding hydrogens is 222 g/mol. The van der Waals surface area contributed by atoms with Crippen LogP contribution in [-0.2, 0) is 4.79 Å². The van der Waals surface area contributed by atoms with E-state index in [1.54, 1.807) is 13.8 Å². The minimum Gasteiger partial charge on any atom is -0.476 e. The number of rotatable bonds is 6. The number of carbonyl (C=O) groups excluding carboxylic acids is 1. The molecule has 1 aromatic heterocycles. The van der Waals surface area contributed by atoms with Gasteiger partial charge in [0.15, 0.2) is 5.82 Å². The summed E-state index contributed by atoms with van der Waals surface area (Å²) in [6.07, 6.45) is 3.45. The fraction of sp³-hybridized carbons (Fsp3) is 0.545. The van der Waals surface area contributed by atoms with Gasteiger partial charge in [0.1, 0.15) is 0 Å². The van der Waals surface area contributed by atoms with Crippen LogP contribution in [0.25, 0.3) is 0 Å². The third kappa shape index (κ3) is 4.78. The first kappa shape index (κ1) is 13.4. The Morgan fingerprint density at radius 2 is 2.29 bits per heavy atom. The third-order valence-corrected chi connectivity index (χ3v) is 1.94. The number of ether oxygens (including phenoxy) is 1. The lowest BCUT2D eigenvalue weighted by Crippen LogP contribution is -2.18. The number of anilines is 1. The molecule has 0 radical (unpaired) electrons. The van der Waals surface area contributed by atoms with E-state index in [2.05, 4.69) is 15.3 Å². The zero-order valence-electron chi connectivity index (χ0n) is 10.0. The number of aliphatic hydroxyl groups is 1.